The molecule has 0 aliphatic rings. The Bertz CT molecular complexity index is 396. The lowest BCUT2D eigenvalue weighted by atomic mass is 10.1. The first-order valence-corrected chi connectivity index (χ1v) is 6.56. The van der Waals surface area contributed by atoms with Crippen molar-refractivity contribution >= 4 is 5.91 Å². The van der Waals surface area contributed by atoms with Gasteiger partial charge in [-0.05, 0) is 19.8 Å². The highest BCUT2D eigenvalue weighted by atomic mass is 16.2. The van der Waals surface area contributed by atoms with E-state index >= 15 is 0 Å². The zero-order valence-corrected chi connectivity index (χ0v) is 11.8. The van der Waals surface area contributed by atoms with Crippen LogP contribution in [0.2, 0.25) is 0 Å². The molecule has 0 spiro atoms. The van der Waals surface area contributed by atoms with Crippen LogP contribution in [0.1, 0.15) is 42.7 Å². The SMILES string of the molecule is CCC(CC)N(CCN)C(=O)c1cnn(C)c1C. The van der Waals surface area contributed by atoms with Crippen LogP contribution in [0.15, 0.2) is 6.20 Å². The van der Waals surface area contributed by atoms with Gasteiger partial charge in [0.2, 0.25) is 0 Å². The van der Waals surface area contributed by atoms with E-state index < -0.39 is 0 Å². The molecule has 1 aromatic rings. The van der Waals surface area contributed by atoms with E-state index in [0.717, 1.165) is 18.5 Å². The van der Waals surface area contributed by atoms with Crippen LogP contribution < -0.4 is 5.73 Å². The molecule has 0 bridgehead atoms. The van der Waals surface area contributed by atoms with Crippen molar-refractivity contribution in [3.05, 3.63) is 17.5 Å². The van der Waals surface area contributed by atoms with E-state index in [1.54, 1.807) is 10.9 Å². The third-order valence-electron chi connectivity index (χ3n) is 3.48. The minimum Gasteiger partial charge on any atom is -0.334 e. The van der Waals surface area contributed by atoms with Gasteiger partial charge in [-0.3, -0.25) is 9.48 Å². The Labute approximate surface area is 109 Å². The summed E-state index contributed by atoms with van der Waals surface area (Å²) >= 11 is 0. The maximum atomic E-state index is 12.5. The van der Waals surface area contributed by atoms with E-state index in [0.29, 0.717) is 18.7 Å². The summed E-state index contributed by atoms with van der Waals surface area (Å²) in [7, 11) is 1.84. The molecule has 18 heavy (non-hydrogen) atoms. The fraction of sp³-hybridized carbons (Fsp3) is 0.692. The number of hydrogen-bond donors (Lipinski definition) is 1. The third-order valence-corrected chi connectivity index (χ3v) is 3.48. The summed E-state index contributed by atoms with van der Waals surface area (Å²) in [5, 5.41) is 4.13. The number of amides is 1. The van der Waals surface area contributed by atoms with Crippen molar-refractivity contribution in [1.29, 1.82) is 0 Å². The molecule has 1 amide bonds. The first-order valence-electron chi connectivity index (χ1n) is 6.56. The van der Waals surface area contributed by atoms with E-state index in [-0.39, 0.29) is 11.9 Å². The molecule has 0 aliphatic heterocycles. The monoisotopic (exact) mass is 252 g/mol. The summed E-state index contributed by atoms with van der Waals surface area (Å²) in [4.78, 5) is 14.4. The van der Waals surface area contributed by atoms with E-state index in [2.05, 4.69) is 18.9 Å². The molecule has 102 valence electrons. The summed E-state index contributed by atoms with van der Waals surface area (Å²) < 4.78 is 1.72. The number of rotatable bonds is 6. The second kappa shape index (κ2) is 6.54. The molecule has 2 N–H and O–H groups in total. The van der Waals surface area contributed by atoms with Crippen LogP contribution in [0.25, 0.3) is 0 Å². The quantitative estimate of drug-likeness (QED) is 0.830. The van der Waals surface area contributed by atoms with Crippen LogP contribution >= 0.6 is 0 Å². The Morgan fingerprint density at radius 3 is 2.50 bits per heavy atom. The van der Waals surface area contributed by atoms with Crippen molar-refractivity contribution in [2.75, 3.05) is 13.1 Å². The molecule has 5 heteroatoms. The van der Waals surface area contributed by atoms with Gasteiger partial charge in [-0.25, -0.2) is 0 Å². The van der Waals surface area contributed by atoms with Crippen LogP contribution in [-0.2, 0) is 7.05 Å². The Morgan fingerprint density at radius 2 is 2.11 bits per heavy atom. The predicted octanol–water partition coefficient (Wildman–Crippen LogP) is 1.32. The van der Waals surface area contributed by atoms with Crippen LogP contribution in [0.5, 0.6) is 0 Å². The maximum Gasteiger partial charge on any atom is 0.257 e. The van der Waals surface area contributed by atoms with Gasteiger partial charge in [0.25, 0.3) is 5.91 Å². The number of nitrogens with two attached hydrogens (primary N) is 1. The molecule has 1 aromatic heterocycles. The second-order valence-corrected chi connectivity index (χ2v) is 4.52. The molecule has 0 atom stereocenters. The number of nitrogens with zero attached hydrogens (tertiary/aromatic N) is 3. The van der Waals surface area contributed by atoms with Gasteiger partial charge in [0.1, 0.15) is 0 Å². The standard InChI is InChI=1S/C13H24N4O/c1-5-11(6-2)17(8-7-14)13(18)12-9-15-16(4)10(12)3/h9,11H,5-8,14H2,1-4H3. The summed E-state index contributed by atoms with van der Waals surface area (Å²) in [6.45, 7) is 7.19. The van der Waals surface area contributed by atoms with Gasteiger partial charge < -0.3 is 10.6 Å². The fourth-order valence-corrected chi connectivity index (χ4v) is 2.18. The molecule has 5 nitrogen and oxygen atoms in total. The lowest BCUT2D eigenvalue weighted by molar-refractivity contribution is 0.0673. The van der Waals surface area contributed by atoms with E-state index in [4.69, 9.17) is 5.73 Å². The van der Waals surface area contributed by atoms with Crippen LogP contribution in [0, 0.1) is 6.92 Å². The highest BCUT2D eigenvalue weighted by molar-refractivity contribution is 5.95. The number of carbonyl (C=O) groups excluding carboxylic acids is 1. The highest BCUT2D eigenvalue weighted by Gasteiger charge is 2.24. The van der Waals surface area contributed by atoms with Gasteiger partial charge in [-0.15, -0.1) is 0 Å². The van der Waals surface area contributed by atoms with Gasteiger partial charge in [0.15, 0.2) is 0 Å². The van der Waals surface area contributed by atoms with Gasteiger partial charge >= 0.3 is 0 Å². The second-order valence-electron chi connectivity index (χ2n) is 4.52. The van der Waals surface area contributed by atoms with Crippen LogP contribution in [-0.4, -0.2) is 39.7 Å². The normalized spacial score (nSPS) is 11.0. The van der Waals surface area contributed by atoms with Gasteiger partial charge in [-0.2, -0.15) is 5.10 Å². The van der Waals surface area contributed by atoms with Gasteiger partial charge in [-0.1, -0.05) is 13.8 Å². The Balaban J connectivity index is 2.99. The first-order chi connectivity index (χ1) is 8.56. The molecule has 0 aliphatic carbocycles. The molecule has 0 fully saturated rings. The Morgan fingerprint density at radius 1 is 1.50 bits per heavy atom. The molecule has 1 heterocycles. The summed E-state index contributed by atoms with van der Waals surface area (Å²) in [5.41, 5.74) is 7.20. The van der Waals surface area contributed by atoms with E-state index in [1.165, 1.54) is 0 Å². The molecule has 0 saturated carbocycles. The largest absolute Gasteiger partial charge is 0.334 e. The van der Waals surface area contributed by atoms with Crippen LogP contribution in [0.4, 0.5) is 0 Å². The lowest BCUT2D eigenvalue weighted by Gasteiger charge is -2.30. The number of aryl methyl sites for hydroxylation is 1. The lowest BCUT2D eigenvalue weighted by Crippen LogP contribution is -2.42. The van der Waals surface area contributed by atoms with E-state index in [1.807, 2.05) is 18.9 Å². The molecule has 0 aromatic carbocycles. The van der Waals surface area contributed by atoms with Crippen molar-refractivity contribution in [1.82, 2.24) is 14.7 Å². The fourth-order valence-electron chi connectivity index (χ4n) is 2.18. The number of carbonyl (C=O) groups is 1. The van der Waals surface area contributed by atoms with Gasteiger partial charge in [0.05, 0.1) is 11.8 Å². The van der Waals surface area contributed by atoms with E-state index in [9.17, 15) is 4.79 Å². The van der Waals surface area contributed by atoms with Crippen molar-refractivity contribution < 1.29 is 4.79 Å². The highest BCUT2D eigenvalue weighted by Crippen LogP contribution is 2.15. The molecular weight excluding hydrogens is 228 g/mol. The molecule has 1 rings (SSSR count). The minimum absolute atomic E-state index is 0.0414. The van der Waals surface area contributed by atoms with Crippen molar-refractivity contribution in [3.63, 3.8) is 0 Å². The van der Waals surface area contributed by atoms with Gasteiger partial charge in [0, 0.05) is 31.9 Å². The van der Waals surface area contributed by atoms with Crippen LogP contribution in [0.3, 0.4) is 0 Å². The molecule has 0 saturated heterocycles. The average Bonchev–Trinajstić information content (AvgIpc) is 2.69. The van der Waals surface area contributed by atoms with Crippen molar-refractivity contribution in [2.45, 2.75) is 39.7 Å². The molecular formula is C13H24N4O. The molecule has 0 unspecified atom stereocenters. The minimum atomic E-state index is 0.0414. The number of hydrogen-bond acceptors (Lipinski definition) is 3. The first kappa shape index (κ1) is 14.7. The van der Waals surface area contributed by atoms with Crippen molar-refractivity contribution in [2.24, 2.45) is 12.8 Å². The van der Waals surface area contributed by atoms with Crippen molar-refractivity contribution in [3.8, 4) is 0 Å². The summed E-state index contributed by atoms with van der Waals surface area (Å²) in [5.74, 6) is 0.0414. The topological polar surface area (TPSA) is 64.2 Å². The summed E-state index contributed by atoms with van der Waals surface area (Å²) in [6.07, 6.45) is 3.53. The summed E-state index contributed by atoms with van der Waals surface area (Å²) in [6, 6.07) is 0.251. The third kappa shape index (κ3) is 2.90. The predicted molar refractivity (Wildman–Crippen MR) is 72.4 cm³/mol. The zero-order valence-electron chi connectivity index (χ0n) is 11.8. The Kier molecular flexibility index (Phi) is 5.34. The Hall–Kier alpha value is -1.36. The number of aromatic nitrogens is 2. The smallest absolute Gasteiger partial charge is 0.257 e. The molecule has 0 radical (unpaired) electrons. The maximum absolute atomic E-state index is 12.5. The average molecular weight is 252 g/mol. The zero-order chi connectivity index (χ0) is 13.7.